The van der Waals surface area contributed by atoms with Crippen molar-refractivity contribution in [3.63, 3.8) is 0 Å². The summed E-state index contributed by atoms with van der Waals surface area (Å²) in [6, 6.07) is 23.6. The van der Waals surface area contributed by atoms with E-state index in [9.17, 15) is 4.79 Å². The van der Waals surface area contributed by atoms with Crippen LogP contribution >= 0.6 is 62.5 Å². The molecule has 0 spiro atoms. The molecule has 2 heterocycles. The number of para-hydroxylation sites is 1. The minimum Gasteiger partial charge on any atom is -0.493 e. The molecular weight excluding hydrogens is 757 g/mol. The number of aromatic nitrogens is 3. The number of hydrogen-bond acceptors (Lipinski definition) is 7. The van der Waals surface area contributed by atoms with E-state index in [0.717, 1.165) is 11.1 Å². The summed E-state index contributed by atoms with van der Waals surface area (Å²) in [6.07, 6.45) is 0. The topological polar surface area (TPSA) is 90.3 Å². The molecule has 1 aliphatic heterocycles. The van der Waals surface area contributed by atoms with Gasteiger partial charge in [0.25, 0.3) is 5.91 Å². The van der Waals surface area contributed by atoms with E-state index >= 15 is 0 Å². The number of benzene rings is 4. The number of fused-ring (bicyclic) bond motifs is 1. The molecule has 13 heteroatoms. The van der Waals surface area contributed by atoms with Crippen LogP contribution < -0.4 is 20.1 Å². The lowest BCUT2D eigenvalue weighted by Crippen LogP contribution is -2.31. The van der Waals surface area contributed by atoms with E-state index in [2.05, 4.69) is 26.6 Å². The third-order valence-electron chi connectivity index (χ3n) is 7.78. The van der Waals surface area contributed by atoms with Gasteiger partial charge in [0.1, 0.15) is 12.6 Å². The number of aryl methyl sites for hydroxylation is 1. The summed E-state index contributed by atoms with van der Waals surface area (Å²) in [4.78, 5) is 18.9. The minimum atomic E-state index is -0.676. The van der Waals surface area contributed by atoms with Gasteiger partial charge in [0, 0.05) is 37.8 Å². The number of rotatable bonds is 10. The van der Waals surface area contributed by atoms with Crippen molar-refractivity contribution in [3.05, 3.63) is 132 Å². The monoisotopic (exact) mass is 783 g/mol. The van der Waals surface area contributed by atoms with Crippen molar-refractivity contribution in [3.8, 4) is 11.5 Å². The number of carbonyl (C=O) groups excluding carboxylic acids is 1. The van der Waals surface area contributed by atoms with Crippen molar-refractivity contribution in [1.29, 1.82) is 0 Å². The molecule has 246 valence electrons. The van der Waals surface area contributed by atoms with E-state index in [1.165, 1.54) is 11.8 Å². The number of methoxy groups -OCH3 is 1. The predicted molar refractivity (Wildman–Crippen MR) is 197 cm³/mol. The first kappa shape index (κ1) is 34.2. The Morgan fingerprint density at radius 3 is 2.44 bits per heavy atom. The van der Waals surface area contributed by atoms with E-state index in [0.29, 0.717) is 76.0 Å². The van der Waals surface area contributed by atoms with Crippen LogP contribution in [0.15, 0.2) is 99.8 Å². The first-order chi connectivity index (χ1) is 23.1. The van der Waals surface area contributed by atoms with Gasteiger partial charge in [0.15, 0.2) is 11.5 Å². The molecule has 0 aliphatic carbocycles. The third-order valence-corrected chi connectivity index (χ3v) is 10.3. The van der Waals surface area contributed by atoms with Gasteiger partial charge in [-0.15, -0.1) is 5.10 Å². The van der Waals surface area contributed by atoms with Gasteiger partial charge < -0.3 is 20.1 Å². The van der Waals surface area contributed by atoms with Crippen molar-refractivity contribution in [1.82, 2.24) is 14.8 Å². The first-order valence-electron chi connectivity index (χ1n) is 14.7. The quantitative estimate of drug-likeness (QED) is 0.136. The minimum absolute atomic E-state index is 0.114. The lowest BCUT2D eigenvalue weighted by atomic mass is 9.94. The number of anilines is 2. The Labute approximate surface area is 305 Å². The highest BCUT2D eigenvalue weighted by atomic mass is 79.9. The molecule has 1 unspecified atom stereocenters. The highest BCUT2D eigenvalue weighted by Crippen LogP contribution is 2.44. The van der Waals surface area contributed by atoms with Crippen LogP contribution in [0, 0.1) is 6.92 Å². The smallest absolute Gasteiger partial charge is 0.255 e. The zero-order chi connectivity index (χ0) is 33.9. The summed E-state index contributed by atoms with van der Waals surface area (Å²) in [5.41, 5.74) is 5.08. The summed E-state index contributed by atoms with van der Waals surface area (Å²) < 4.78 is 14.3. The van der Waals surface area contributed by atoms with E-state index in [4.69, 9.17) is 54.4 Å². The summed E-state index contributed by atoms with van der Waals surface area (Å²) in [5.74, 6) is 1.67. The molecular formula is C35H29BrCl3N5O3S. The van der Waals surface area contributed by atoms with Crippen LogP contribution in [0.2, 0.25) is 15.1 Å². The fourth-order valence-corrected chi connectivity index (χ4v) is 7.50. The number of halogens is 4. The number of hydrogen-bond donors (Lipinski definition) is 2. The number of thioether (sulfide) groups is 1. The maximum absolute atomic E-state index is 14.1. The Hall–Kier alpha value is -3.67. The van der Waals surface area contributed by atoms with Crippen molar-refractivity contribution in [2.24, 2.45) is 0 Å². The number of nitrogens with zero attached hydrogens (tertiary/aromatic N) is 3. The van der Waals surface area contributed by atoms with E-state index in [1.807, 2.05) is 74.5 Å². The van der Waals surface area contributed by atoms with Crippen LogP contribution in [0.5, 0.6) is 11.5 Å². The predicted octanol–water partition coefficient (Wildman–Crippen LogP) is 10.1. The Bertz CT molecular complexity index is 2030. The van der Waals surface area contributed by atoms with Crippen LogP contribution in [-0.2, 0) is 17.2 Å². The zero-order valence-electron chi connectivity index (χ0n) is 26.0. The van der Waals surface area contributed by atoms with Gasteiger partial charge in [-0.2, -0.15) is 4.98 Å². The maximum Gasteiger partial charge on any atom is 0.255 e. The largest absolute Gasteiger partial charge is 0.493 e. The molecule has 1 aliphatic rings. The molecule has 0 saturated heterocycles. The molecule has 8 nitrogen and oxygen atoms in total. The summed E-state index contributed by atoms with van der Waals surface area (Å²) >= 11 is 24.3. The van der Waals surface area contributed by atoms with Crippen molar-refractivity contribution in [2.75, 3.05) is 17.7 Å². The normalized spacial score (nSPS) is 13.9. The molecule has 4 aromatic carbocycles. The lowest BCUT2D eigenvalue weighted by molar-refractivity contribution is -0.113. The Morgan fingerprint density at radius 1 is 1.00 bits per heavy atom. The first-order valence-corrected chi connectivity index (χ1v) is 17.7. The Morgan fingerprint density at radius 2 is 1.71 bits per heavy atom. The summed E-state index contributed by atoms with van der Waals surface area (Å²) in [7, 11) is 1.56. The summed E-state index contributed by atoms with van der Waals surface area (Å²) in [5, 5.41) is 13.5. The number of nitrogens with one attached hydrogen (secondary N) is 2. The van der Waals surface area contributed by atoms with Gasteiger partial charge in [-0.3, -0.25) is 4.79 Å². The lowest BCUT2D eigenvalue weighted by Gasteiger charge is -2.29. The Balaban J connectivity index is 1.39. The highest BCUT2D eigenvalue weighted by molar-refractivity contribution is 9.10. The van der Waals surface area contributed by atoms with Gasteiger partial charge in [-0.05, 0) is 82.9 Å². The second-order valence-corrected chi connectivity index (χ2v) is 13.9. The highest BCUT2D eigenvalue weighted by Gasteiger charge is 2.35. The van der Waals surface area contributed by atoms with Gasteiger partial charge in [-0.25, -0.2) is 4.68 Å². The average molecular weight is 786 g/mol. The standard InChI is InChI=1S/C35H29BrCl3N5O3S/c1-19-9-4-7-14-28(19)41-33(45)30-20(2)40-34-42-35(48-18-21-10-5-6-11-25(21)37)43-44(34)31(30)22-15-24(36)32(29(16-22)46-3)47-17-23-26(38)12-8-13-27(23)39/h4-16,31H,17-18H2,1-3H3,(H,41,45)(H,40,42,43). The van der Waals surface area contributed by atoms with E-state index < -0.39 is 6.04 Å². The number of allylic oxidation sites excluding steroid dienone is 1. The van der Waals surface area contributed by atoms with Crippen molar-refractivity contribution in [2.45, 2.75) is 37.4 Å². The molecule has 0 saturated carbocycles. The van der Waals surface area contributed by atoms with E-state index in [1.54, 1.807) is 30.0 Å². The molecule has 6 rings (SSSR count). The van der Waals surface area contributed by atoms with Crippen LogP contribution in [0.4, 0.5) is 11.6 Å². The molecule has 2 N–H and O–H groups in total. The van der Waals surface area contributed by atoms with E-state index in [-0.39, 0.29) is 12.5 Å². The van der Waals surface area contributed by atoms with Gasteiger partial charge >= 0.3 is 0 Å². The average Bonchev–Trinajstić information content (AvgIpc) is 3.47. The van der Waals surface area contributed by atoms with Crippen LogP contribution in [0.25, 0.3) is 0 Å². The van der Waals surface area contributed by atoms with Crippen molar-refractivity contribution < 1.29 is 14.3 Å². The number of amides is 1. The fraction of sp³-hybridized carbons (Fsp3) is 0.171. The molecule has 1 atom stereocenters. The SMILES string of the molecule is COc1cc(C2C(C(=O)Nc3ccccc3C)=C(C)Nc3nc(SCc4ccccc4Cl)nn32)cc(Br)c1OCc1c(Cl)cccc1Cl. The number of carbonyl (C=O) groups is 1. The second kappa shape index (κ2) is 14.8. The zero-order valence-corrected chi connectivity index (χ0v) is 30.7. The maximum atomic E-state index is 14.1. The molecule has 48 heavy (non-hydrogen) atoms. The molecule has 0 fully saturated rings. The van der Waals surface area contributed by atoms with Crippen LogP contribution in [0.3, 0.4) is 0 Å². The molecule has 0 radical (unpaired) electrons. The van der Waals surface area contributed by atoms with Gasteiger partial charge in [0.2, 0.25) is 11.1 Å². The molecule has 1 amide bonds. The molecule has 5 aromatic rings. The third kappa shape index (κ3) is 7.18. The van der Waals surface area contributed by atoms with Crippen molar-refractivity contribution >= 4 is 80.0 Å². The number of ether oxygens (including phenoxy) is 2. The van der Waals surface area contributed by atoms with Crippen LogP contribution in [-0.4, -0.2) is 27.8 Å². The summed E-state index contributed by atoms with van der Waals surface area (Å²) in [6.45, 7) is 3.91. The Kier molecular flexibility index (Phi) is 10.6. The van der Waals surface area contributed by atoms with Gasteiger partial charge in [0.05, 0.1) is 17.2 Å². The second-order valence-electron chi connectivity index (χ2n) is 10.9. The molecule has 1 aromatic heterocycles. The van der Waals surface area contributed by atoms with Crippen LogP contribution in [0.1, 0.15) is 35.2 Å². The molecule has 0 bridgehead atoms. The van der Waals surface area contributed by atoms with Gasteiger partial charge in [-0.1, -0.05) is 89.0 Å². The fourth-order valence-electron chi connectivity index (χ4n) is 5.31.